The van der Waals surface area contributed by atoms with Crippen LogP contribution in [0.15, 0.2) is 28.8 Å². The summed E-state index contributed by atoms with van der Waals surface area (Å²) in [6.45, 7) is 6.89. The van der Waals surface area contributed by atoms with Gasteiger partial charge in [-0.25, -0.2) is 0 Å². The second-order valence-electron chi connectivity index (χ2n) is 6.69. The molecule has 26 heavy (non-hydrogen) atoms. The molecule has 0 radical (unpaired) electrons. The Morgan fingerprint density at radius 1 is 1.31 bits per heavy atom. The van der Waals surface area contributed by atoms with Gasteiger partial charge < -0.3 is 14.7 Å². The molecule has 2 amide bonds. The zero-order valence-corrected chi connectivity index (χ0v) is 15.5. The predicted molar refractivity (Wildman–Crippen MR) is 99.0 cm³/mol. The van der Waals surface area contributed by atoms with Gasteiger partial charge in [0.1, 0.15) is 11.7 Å². The number of aromatic nitrogens is 1. The Labute approximate surface area is 153 Å². The van der Waals surface area contributed by atoms with Crippen molar-refractivity contribution in [3.63, 3.8) is 0 Å². The van der Waals surface area contributed by atoms with Gasteiger partial charge in [-0.15, -0.1) is 0 Å². The fourth-order valence-corrected chi connectivity index (χ4v) is 3.38. The van der Waals surface area contributed by atoms with Gasteiger partial charge in [-0.1, -0.05) is 24.2 Å². The van der Waals surface area contributed by atoms with Crippen LogP contribution in [0, 0.1) is 19.8 Å². The molecule has 0 saturated carbocycles. The van der Waals surface area contributed by atoms with Gasteiger partial charge in [-0.05, 0) is 50.8 Å². The number of carbonyl (C=O) groups excluding carboxylic acids is 2. The maximum Gasteiger partial charge on any atom is 0.239 e. The Hall–Kier alpha value is -2.63. The van der Waals surface area contributed by atoms with Crippen LogP contribution in [-0.2, 0) is 22.4 Å². The van der Waals surface area contributed by atoms with E-state index in [1.807, 2.05) is 38.1 Å². The predicted octanol–water partition coefficient (Wildman–Crippen LogP) is 2.57. The molecule has 1 atom stereocenters. The third-order valence-corrected chi connectivity index (χ3v) is 5.03. The monoisotopic (exact) mass is 355 g/mol. The highest BCUT2D eigenvalue weighted by atomic mass is 16.5. The third kappa shape index (κ3) is 3.64. The summed E-state index contributed by atoms with van der Waals surface area (Å²) in [5.74, 6) is -0.153. The zero-order chi connectivity index (χ0) is 18.7. The summed E-state index contributed by atoms with van der Waals surface area (Å²) in [7, 11) is 0. The van der Waals surface area contributed by atoms with E-state index in [-0.39, 0.29) is 11.8 Å². The van der Waals surface area contributed by atoms with Crippen molar-refractivity contribution in [2.75, 3.05) is 18.0 Å². The number of hydrogen-bond donors (Lipinski definition) is 1. The minimum absolute atomic E-state index is 0.121. The van der Waals surface area contributed by atoms with Crippen molar-refractivity contribution >= 4 is 17.5 Å². The standard InChI is InChI=1S/C20H25N3O3/c1-4-15-5-7-16(8-6-15)23-12-10-18(20(23)25)19(24)21-11-9-17-13(2)22-26-14(17)3/h5-8,18H,4,9-12H2,1-3H3,(H,21,24). The fraction of sp³-hybridized carbons (Fsp3) is 0.450. The van der Waals surface area contributed by atoms with Gasteiger partial charge >= 0.3 is 0 Å². The topological polar surface area (TPSA) is 75.4 Å². The van der Waals surface area contributed by atoms with E-state index in [4.69, 9.17) is 4.52 Å². The van der Waals surface area contributed by atoms with E-state index in [0.717, 1.165) is 29.1 Å². The Kier molecular flexibility index (Phi) is 5.40. The molecule has 2 aromatic rings. The van der Waals surface area contributed by atoms with E-state index in [0.29, 0.717) is 25.9 Å². The molecule has 1 aliphatic heterocycles. The Balaban J connectivity index is 1.56. The van der Waals surface area contributed by atoms with Crippen LogP contribution in [0.2, 0.25) is 0 Å². The molecule has 138 valence electrons. The Morgan fingerprint density at radius 2 is 2.04 bits per heavy atom. The zero-order valence-electron chi connectivity index (χ0n) is 15.5. The van der Waals surface area contributed by atoms with E-state index < -0.39 is 5.92 Å². The number of aryl methyl sites for hydroxylation is 3. The van der Waals surface area contributed by atoms with Gasteiger partial charge in [0.05, 0.1) is 5.69 Å². The average molecular weight is 355 g/mol. The molecule has 1 N–H and O–H groups in total. The average Bonchev–Trinajstić information content (AvgIpc) is 3.18. The molecular weight excluding hydrogens is 330 g/mol. The normalized spacial score (nSPS) is 17.0. The first-order chi connectivity index (χ1) is 12.5. The van der Waals surface area contributed by atoms with E-state index >= 15 is 0 Å². The van der Waals surface area contributed by atoms with E-state index in [9.17, 15) is 9.59 Å². The van der Waals surface area contributed by atoms with Crippen molar-refractivity contribution in [1.82, 2.24) is 10.5 Å². The molecular formula is C20H25N3O3. The molecule has 1 unspecified atom stereocenters. The number of anilines is 1. The van der Waals surface area contributed by atoms with Crippen molar-refractivity contribution < 1.29 is 14.1 Å². The van der Waals surface area contributed by atoms with Gasteiger partial charge in [-0.3, -0.25) is 9.59 Å². The summed E-state index contributed by atoms with van der Waals surface area (Å²) < 4.78 is 5.13. The maximum atomic E-state index is 12.6. The third-order valence-electron chi connectivity index (χ3n) is 5.03. The first-order valence-electron chi connectivity index (χ1n) is 9.11. The molecule has 0 bridgehead atoms. The number of amides is 2. The van der Waals surface area contributed by atoms with Crippen molar-refractivity contribution in [2.24, 2.45) is 5.92 Å². The summed E-state index contributed by atoms with van der Waals surface area (Å²) in [6.07, 6.45) is 2.16. The number of rotatable bonds is 6. The summed E-state index contributed by atoms with van der Waals surface area (Å²) in [6, 6.07) is 7.96. The van der Waals surface area contributed by atoms with Gasteiger partial charge in [0.2, 0.25) is 11.8 Å². The number of nitrogens with one attached hydrogen (secondary N) is 1. The van der Waals surface area contributed by atoms with Gasteiger partial charge in [0.15, 0.2) is 0 Å². The maximum absolute atomic E-state index is 12.6. The lowest BCUT2D eigenvalue weighted by Crippen LogP contribution is -2.37. The number of nitrogens with zero attached hydrogens (tertiary/aromatic N) is 2. The number of hydrogen-bond acceptors (Lipinski definition) is 4. The van der Waals surface area contributed by atoms with Crippen molar-refractivity contribution in [3.8, 4) is 0 Å². The Morgan fingerprint density at radius 3 is 2.65 bits per heavy atom. The molecule has 2 heterocycles. The largest absolute Gasteiger partial charge is 0.361 e. The number of benzene rings is 1. The minimum Gasteiger partial charge on any atom is -0.361 e. The van der Waals surface area contributed by atoms with Gasteiger partial charge in [0, 0.05) is 24.3 Å². The molecule has 1 aliphatic rings. The molecule has 1 aromatic heterocycles. The molecule has 6 nitrogen and oxygen atoms in total. The highest BCUT2D eigenvalue weighted by Gasteiger charge is 2.37. The van der Waals surface area contributed by atoms with Crippen LogP contribution in [0.25, 0.3) is 0 Å². The summed E-state index contributed by atoms with van der Waals surface area (Å²) in [5, 5.41) is 6.79. The van der Waals surface area contributed by atoms with Crippen LogP contribution in [0.4, 0.5) is 5.69 Å². The lowest BCUT2D eigenvalue weighted by molar-refractivity contribution is -0.132. The fourth-order valence-electron chi connectivity index (χ4n) is 3.38. The van der Waals surface area contributed by atoms with E-state index in [1.54, 1.807) is 4.90 Å². The first kappa shape index (κ1) is 18.2. The molecule has 3 rings (SSSR count). The lowest BCUT2D eigenvalue weighted by Gasteiger charge is -2.17. The van der Waals surface area contributed by atoms with Crippen LogP contribution >= 0.6 is 0 Å². The van der Waals surface area contributed by atoms with Crippen LogP contribution in [0.1, 0.15) is 35.9 Å². The van der Waals surface area contributed by atoms with Gasteiger partial charge in [-0.2, -0.15) is 0 Å². The van der Waals surface area contributed by atoms with Gasteiger partial charge in [0.25, 0.3) is 0 Å². The SMILES string of the molecule is CCc1ccc(N2CCC(C(=O)NCCc3c(C)noc3C)C2=O)cc1. The highest BCUT2D eigenvalue weighted by molar-refractivity contribution is 6.09. The number of carbonyl (C=O) groups is 2. The lowest BCUT2D eigenvalue weighted by atomic mass is 10.1. The van der Waals surface area contributed by atoms with Crippen LogP contribution in [0.3, 0.4) is 0 Å². The summed E-state index contributed by atoms with van der Waals surface area (Å²) >= 11 is 0. The quantitative estimate of drug-likeness (QED) is 0.808. The van der Waals surface area contributed by atoms with Crippen molar-refractivity contribution in [2.45, 2.75) is 40.0 Å². The molecule has 1 aromatic carbocycles. The second kappa shape index (κ2) is 7.72. The smallest absolute Gasteiger partial charge is 0.239 e. The molecule has 0 spiro atoms. The summed E-state index contributed by atoms with van der Waals surface area (Å²) in [5.41, 5.74) is 3.95. The second-order valence-corrected chi connectivity index (χ2v) is 6.69. The molecule has 6 heteroatoms. The van der Waals surface area contributed by atoms with Crippen molar-refractivity contribution in [1.29, 1.82) is 0 Å². The Bertz CT molecular complexity index is 776. The minimum atomic E-state index is -0.606. The van der Waals surface area contributed by atoms with Crippen LogP contribution in [-0.4, -0.2) is 30.1 Å². The van der Waals surface area contributed by atoms with Crippen molar-refractivity contribution in [3.05, 3.63) is 46.8 Å². The highest BCUT2D eigenvalue weighted by Crippen LogP contribution is 2.26. The van der Waals surface area contributed by atoms with E-state index in [1.165, 1.54) is 5.56 Å². The van der Waals surface area contributed by atoms with Crippen LogP contribution in [0.5, 0.6) is 0 Å². The summed E-state index contributed by atoms with van der Waals surface area (Å²) in [4.78, 5) is 26.8. The molecule has 1 fully saturated rings. The molecule has 1 saturated heterocycles. The van der Waals surface area contributed by atoms with Crippen LogP contribution < -0.4 is 10.2 Å². The van der Waals surface area contributed by atoms with E-state index in [2.05, 4.69) is 17.4 Å². The first-order valence-corrected chi connectivity index (χ1v) is 9.11. The molecule has 0 aliphatic carbocycles.